The maximum Gasteiger partial charge on any atom is 0.122 e. The highest BCUT2D eigenvalue weighted by Crippen LogP contribution is 2.29. The quantitative estimate of drug-likeness (QED) is 0.868. The van der Waals surface area contributed by atoms with E-state index in [4.69, 9.17) is 0 Å². The Morgan fingerprint density at radius 3 is 2.89 bits per heavy atom. The molecule has 3 unspecified atom stereocenters. The van der Waals surface area contributed by atoms with E-state index in [9.17, 15) is 0 Å². The van der Waals surface area contributed by atoms with Crippen LogP contribution in [-0.4, -0.2) is 15.6 Å². The Balaban J connectivity index is 1.82. The van der Waals surface area contributed by atoms with Crippen molar-refractivity contribution in [1.29, 1.82) is 0 Å². The summed E-state index contributed by atoms with van der Waals surface area (Å²) in [5.74, 6) is 2.93. The first kappa shape index (κ1) is 13.6. The molecule has 18 heavy (non-hydrogen) atoms. The van der Waals surface area contributed by atoms with E-state index >= 15 is 0 Å². The molecule has 0 saturated heterocycles. The zero-order valence-electron chi connectivity index (χ0n) is 12.0. The highest BCUT2D eigenvalue weighted by Gasteiger charge is 2.24. The van der Waals surface area contributed by atoms with E-state index in [1.807, 2.05) is 6.20 Å². The van der Waals surface area contributed by atoms with Crippen LogP contribution in [0.2, 0.25) is 0 Å². The zero-order valence-corrected chi connectivity index (χ0v) is 12.0. The maximum atomic E-state index is 4.45. The Labute approximate surface area is 111 Å². The van der Waals surface area contributed by atoms with Crippen LogP contribution in [-0.2, 0) is 13.1 Å². The van der Waals surface area contributed by atoms with Crippen molar-refractivity contribution < 1.29 is 0 Å². The predicted octanol–water partition coefficient (Wildman–Crippen LogP) is 3.21. The SMILES string of the molecule is CCCn1ccnc1CNC1CCC(C)C(C)C1. The van der Waals surface area contributed by atoms with Crippen molar-refractivity contribution >= 4 is 0 Å². The molecule has 1 N–H and O–H groups in total. The lowest BCUT2D eigenvalue weighted by Gasteiger charge is -2.32. The second-order valence-corrected chi connectivity index (χ2v) is 5.88. The van der Waals surface area contributed by atoms with Gasteiger partial charge in [-0.15, -0.1) is 0 Å². The minimum atomic E-state index is 0.683. The fraction of sp³-hybridized carbons (Fsp3) is 0.800. The lowest BCUT2D eigenvalue weighted by molar-refractivity contribution is 0.224. The molecule has 0 aromatic carbocycles. The van der Waals surface area contributed by atoms with Gasteiger partial charge in [0.2, 0.25) is 0 Å². The van der Waals surface area contributed by atoms with Crippen molar-refractivity contribution in [3.63, 3.8) is 0 Å². The number of rotatable bonds is 5. The van der Waals surface area contributed by atoms with Gasteiger partial charge in [0.15, 0.2) is 0 Å². The van der Waals surface area contributed by atoms with E-state index in [1.165, 1.54) is 31.5 Å². The van der Waals surface area contributed by atoms with Gasteiger partial charge in [0.25, 0.3) is 0 Å². The number of aromatic nitrogens is 2. The van der Waals surface area contributed by atoms with Gasteiger partial charge in [-0.05, 0) is 37.5 Å². The molecule has 0 radical (unpaired) electrons. The summed E-state index contributed by atoms with van der Waals surface area (Å²) in [6, 6.07) is 0.683. The molecule has 0 amide bonds. The van der Waals surface area contributed by atoms with Crippen LogP contribution in [0.15, 0.2) is 12.4 Å². The molecule has 2 rings (SSSR count). The van der Waals surface area contributed by atoms with Gasteiger partial charge in [0, 0.05) is 25.0 Å². The van der Waals surface area contributed by atoms with Crippen LogP contribution in [0.25, 0.3) is 0 Å². The standard InChI is InChI=1S/C15H27N3/c1-4-8-18-9-7-16-15(18)11-17-14-6-5-12(2)13(3)10-14/h7,9,12-14,17H,4-6,8,10-11H2,1-3H3. The number of hydrogen-bond donors (Lipinski definition) is 1. The van der Waals surface area contributed by atoms with E-state index in [0.717, 1.165) is 24.9 Å². The first-order chi connectivity index (χ1) is 8.70. The molecule has 1 heterocycles. The first-order valence-corrected chi connectivity index (χ1v) is 7.44. The summed E-state index contributed by atoms with van der Waals surface area (Å²) >= 11 is 0. The summed E-state index contributed by atoms with van der Waals surface area (Å²) in [5.41, 5.74) is 0. The predicted molar refractivity (Wildman–Crippen MR) is 75.3 cm³/mol. The fourth-order valence-corrected chi connectivity index (χ4v) is 2.92. The smallest absolute Gasteiger partial charge is 0.122 e. The Kier molecular flexibility index (Phi) is 4.81. The molecule has 0 aliphatic heterocycles. The molecule has 1 aliphatic carbocycles. The van der Waals surface area contributed by atoms with E-state index in [0.29, 0.717) is 6.04 Å². The molecular weight excluding hydrogens is 222 g/mol. The summed E-state index contributed by atoms with van der Waals surface area (Å²) in [6.45, 7) is 8.97. The third-order valence-corrected chi connectivity index (χ3v) is 4.41. The Morgan fingerprint density at radius 2 is 2.17 bits per heavy atom. The van der Waals surface area contributed by atoms with Gasteiger partial charge in [0.1, 0.15) is 5.82 Å². The number of aryl methyl sites for hydroxylation is 1. The van der Waals surface area contributed by atoms with E-state index in [-0.39, 0.29) is 0 Å². The maximum absolute atomic E-state index is 4.45. The van der Waals surface area contributed by atoms with Crippen molar-refractivity contribution in [2.24, 2.45) is 11.8 Å². The summed E-state index contributed by atoms with van der Waals surface area (Å²) in [4.78, 5) is 4.45. The van der Waals surface area contributed by atoms with Crippen LogP contribution in [0, 0.1) is 11.8 Å². The van der Waals surface area contributed by atoms with Gasteiger partial charge in [-0.25, -0.2) is 4.98 Å². The van der Waals surface area contributed by atoms with Gasteiger partial charge in [0.05, 0.1) is 6.54 Å². The Hall–Kier alpha value is -0.830. The third-order valence-electron chi connectivity index (χ3n) is 4.41. The summed E-state index contributed by atoms with van der Waals surface area (Å²) < 4.78 is 2.27. The minimum Gasteiger partial charge on any atom is -0.334 e. The van der Waals surface area contributed by atoms with Crippen LogP contribution in [0.5, 0.6) is 0 Å². The summed E-state index contributed by atoms with van der Waals surface area (Å²) in [5, 5.41) is 3.69. The van der Waals surface area contributed by atoms with E-state index in [2.05, 4.69) is 41.8 Å². The highest BCUT2D eigenvalue weighted by atomic mass is 15.1. The van der Waals surface area contributed by atoms with Crippen molar-refractivity contribution in [3.8, 4) is 0 Å². The normalized spacial score (nSPS) is 28.5. The average Bonchev–Trinajstić information content (AvgIpc) is 2.79. The number of nitrogens with zero attached hydrogens (tertiary/aromatic N) is 2. The molecule has 3 heteroatoms. The third kappa shape index (κ3) is 3.35. The van der Waals surface area contributed by atoms with Crippen LogP contribution >= 0.6 is 0 Å². The monoisotopic (exact) mass is 249 g/mol. The van der Waals surface area contributed by atoms with E-state index < -0.39 is 0 Å². The summed E-state index contributed by atoms with van der Waals surface area (Å²) in [7, 11) is 0. The topological polar surface area (TPSA) is 29.9 Å². The van der Waals surface area contributed by atoms with Crippen LogP contribution in [0.3, 0.4) is 0 Å². The van der Waals surface area contributed by atoms with Crippen LogP contribution in [0.1, 0.15) is 52.3 Å². The molecule has 1 aromatic heterocycles. The van der Waals surface area contributed by atoms with Gasteiger partial charge >= 0.3 is 0 Å². The highest BCUT2D eigenvalue weighted by molar-refractivity contribution is 4.93. The summed E-state index contributed by atoms with van der Waals surface area (Å²) in [6.07, 6.45) is 9.17. The average molecular weight is 249 g/mol. The Morgan fingerprint density at radius 1 is 1.33 bits per heavy atom. The minimum absolute atomic E-state index is 0.683. The molecule has 1 aliphatic rings. The molecule has 0 bridgehead atoms. The van der Waals surface area contributed by atoms with Crippen molar-refractivity contribution in [1.82, 2.24) is 14.9 Å². The second-order valence-electron chi connectivity index (χ2n) is 5.88. The molecule has 102 valence electrons. The lowest BCUT2D eigenvalue weighted by Crippen LogP contribution is -2.36. The number of nitrogens with one attached hydrogen (secondary N) is 1. The Bertz CT molecular complexity index is 358. The van der Waals surface area contributed by atoms with Crippen molar-refractivity contribution in [2.75, 3.05) is 0 Å². The largest absolute Gasteiger partial charge is 0.334 e. The molecule has 1 fully saturated rings. The molecule has 0 spiro atoms. The fourth-order valence-electron chi connectivity index (χ4n) is 2.92. The van der Waals surface area contributed by atoms with E-state index in [1.54, 1.807) is 0 Å². The zero-order chi connectivity index (χ0) is 13.0. The van der Waals surface area contributed by atoms with Crippen molar-refractivity contribution in [3.05, 3.63) is 18.2 Å². The molecular formula is C15H27N3. The van der Waals surface area contributed by atoms with Gasteiger partial charge in [-0.1, -0.05) is 20.8 Å². The molecule has 3 atom stereocenters. The van der Waals surface area contributed by atoms with Gasteiger partial charge in [-0.3, -0.25) is 0 Å². The second kappa shape index (κ2) is 6.37. The van der Waals surface area contributed by atoms with Crippen LogP contribution < -0.4 is 5.32 Å². The molecule has 1 saturated carbocycles. The number of hydrogen-bond acceptors (Lipinski definition) is 2. The molecule has 1 aromatic rings. The van der Waals surface area contributed by atoms with Crippen molar-refractivity contribution in [2.45, 2.75) is 65.6 Å². The van der Waals surface area contributed by atoms with Gasteiger partial charge in [-0.2, -0.15) is 0 Å². The first-order valence-electron chi connectivity index (χ1n) is 7.44. The lowest BCUT2D eigenvalue weighted by atomic mass is 9.79. The molecule has 3 nitrogen and oxygen atoms in total. The van der Waals surface area contributed by atoms with Crippen LogP contribution in [0.4, 0.5) is 0 Å². The number of imidazole rings is 1. The van der Waals surface area contributed by atoms with Gasteiger partial charge < -0.3 is 9.88 Å².